The van der Waals surface area contributed by atoms with Crippen LogP contribution in [0.15, 0.2) is 94.2 Å². The predicted molar refractivity (Wildman–Crippen MR) is 114 cm³/mol. The SMILES string of the molecule is O=[N+]([O-])c1ccc(C(N=Nc2nc3ccccc3s2)=NNc2ccccc2)cc1. The van der Waals surface area contributed by atoms with Crippen molar-refractivity contribution < 1.29 is 4.92 Å². The molecule has 0 spiro atoms. The van der Waals surface area contributed by atoms with Crippen LogP contribution in [-0.4, -0.2) is 15.7 Å². The number of fused-ring (bicyclic) bond motifs is 1. The number of amidine groups is 1. The van der Waals surface area contributed by atoms with Gasteiger partial charge in [0.15, 0.2) is 0 Å². The monoisotopic (exact) mass is 402 g/mol. The van der Waals surface area contributed by atoms with Crippen molar-refractivity contribution in [3.63, 3.8) is 0 Å². The molecule has 142 valence electrons. The fourth-order valence-corrected chi connectivity index (χ4v) is 3.29. The third-order valence-electron chi connectivity index (χ3n) is 3.91. The molecular formula is C20H14N6O2S. The summed E-state index contributed by atoms with van der Waals surface area (Å²) < 4.78 is 1.01. The van der Waals surface area contributed by atoms with Crippen LogP contribution < -0.4 is 5.43 Å². The topological polar surface area (TPSA) is 105 Å². The number of aromatic nitrogens is 1. The highest BCUT2D eigenvalue weighted by molar-refractivity contribution is 7.21. The molecule has 0 aliphatic heterocycles. The molecule has 0 radical (unpaired) electrons. The normalized spacial score (nSPS) is 11.8. The van der Waals surface area contributed by atoms with E-state index in [1.807, 2.05) is 54.6 Å². The average Bonchev–Trinajstić information content (AvgIpc) is 3.17. The van der Waals surface area contributed by atoms with Gasteiger partial charge in [-0.05, 0) is 36.4 Å². The number of nitro groups is 1. The minimum atomic E-state index is -0.453. The van der Waals surface area contributed by atoms with Crippen LogP contribution in [0.25, 0.3) is 10.2 Å². The molecule has 3 aromatic carbocycles. The summed E-state index contributed by atoms with van der Waals surface area (Å²) in [5.74, 6) is 0.281. The van der Waals surface area contributed by atoms with Crippen molar-refractivity contribution in [3.05, 3.63) is 94.5 Å². The van der Waals surface area contributed by atoms with Gasteiger partial charge in [-0.15, -0.1) is 10.2 Å². The van der Waals surface area contributed by atoms with Crippen molar-refractivity contribution in [3.8, 4) is 0 Å². The molecule has 0 aliphatic rings. The molecular weight excluding hydrogens is 388 g/mol. The summed E-state index contributed by atoms with van der Waals surface area (Å²) in [5, 5.41) is 24.2. The zero-order valence-corrected chi connectivity index (χ0v) is 15.8. The van der Waals surface area contributed by atoms with Gasteiger partial charge in [0.1, 0.15) is 0 Å². The molecule has 29 heavy (non-hydrogen) atoms. The smallest absolute Gasteiger partial charge is 0.269 e. The molecule has 1 N–H and O–H groups in total. The first-order valence-corrected chi connectivity index (χ1v) is 9.41. The van der Waals surface area contributed by atoms with Gasteiger partial charge < -0.3 is 0 Å². The molecule has 0 saturated heterocycles. The molecule has 1 heterocycles. The van der Waals surface area contributed by atoms with E-state index in [2.05, 4.69) is 25.7 Å². The van der Waals surface area contributed by atoms with Crippen LogP contribution >= 0.6 is 11.3 Å². The van der Waals surface area contributed by atoms with Crippen molar-refractivity contribution in [1.82, 2.24) is 4.98 Å². The van der Waals surface area contributed by atoms with E-state index in [0.717, 1.165) is 15.9 Å². The first-order valence-electron chi connectivity index (χ1n) is 8.60. The number of benzene rings is 3. The highest BCUT2D eigenvalue weighted by Gasteiger charge is 2.09. The minimum absolute atomic E-state index is 0.00719. The van der Waals surface area contributed by atoms with E-state index in [-0.39, 0.29) is 11.5 Å². The van der Waals surface area contributed by atoms with Crippen LogP contribution in [0, 0.1) is 10.1 Å². The Morgan fingerprint density at radius 3 is 2.41 bits per heavy atom. The van der Waals surface area contributed by atoms with Gasteiger partial charge in [0, 0.05) is 17.7 Å². The maximum absolute atomic E-state index is 10.9. The second kappa shape index (κ2) is 8.36. The number of hydrogen-bond acceptors (Lipinski definition) is 7. The van der Waals surface area contributed by atoms with Gasteiger partial charge in [-0.2, -0.15) is 5.10 Å². The second-order valence-electron chi connectivity index (χ2n) is 5.88. The zero-order valence-electron chi connectivity index (χ0n) is 15.0. The van der Waals surface area contributed by atoms with Gasteiger partial charge in [-0.25, -0.2) is 4.98 Å². The van der Waals surface area contributed by atoms with E-state index < -0.39 is 4.92 Å². The number of azo groups is 1. The second-order valence-corrected chi connectivity index (χ2v) is 6.89. The molecule has 0 unspecified atom stereocenters. The lowest BCUT2D eigenvalue weighted by Gasteiger charge is -2.03. The summed E-state index contributed by atoms with van der Waals surface area (Å²) in [7, 11) is 0. The summed E-state index contributed by atoms with van der Waals surface area (Å²) in [5.41, 5.74) is 5.14. The predicted octanol–water partition coefficient (Wildman–Crippen LogP) is 5.76. The number of anilines is 1. The standard InChI is InChI=1S/C20H14N6O2S/c27-26(28)16-12-10-14(11-13-16)19(23-22-15-6-2-1-3-7-15)24-25-20-21-17-8-4-5-9-18(17)29-20/h1-13,22H. The highest BCUT2D eigenvalue weighted by Crippen LogP contribution is 2.28. The summed E-state index contributed by atoms with van der Waals surface area (Å²) >= 11 is 1.42. The molecule has 4 aromatic rings. The van der Waals surface area contributed by atoms with Gasteiger partial charge in [0.05, 0.1) is 20.8 Å². The van der Waals surface area contributed by atoms with Crippen LogP contribution in [0.1, 0.15) is 5.56 Å². The number of hydrogen-bond donors (Lipinski definition) is 1. The first kappa shape index (κ1) is 18.4. The lowest BCUT2D eigenvalue weighted by Crippen LogP contribution is -2.01. The van der Waals surface area contributed by atoms with Crippen molar-refractivity contribution in [2.45, 2.75) is 0 Å². The highest BCUT2D eigenvalue weighted by atomic mass is 32.1. The van der Waals surface area contributed by atoms with E-state index >= 15 is 0 Å². The van der Waals surface area contributed by atoms with Gasteiger partial charge in [0.2, 0.25) is 11.0 Å². The largest absolute Gasteiger partial charge is 0.276 e. The minimum Gasteiger partial charge on any atom is -0.276 e. The average molecular weight is 402 g/mol. The molecule has 0 amide bonds. The van der Waals surface area contributed by atoms with Crippen molar-refractivity contribution in [2.24, 2.45) is 15.3 Å². The molecule has 0 aliphatic carbocycles. The number of para-hydroxylation sites is 2. The van der Waals surface area contributed by atoms with Crippen LogP contribution in [-0.2, 0) is 0 Å². The Hall–Kier alpha value is -3.98. The fraction of sp³-hybridized carbons (Fsp3) is 0. The van der Waals surface area contributed by atoms with Crippen LogP contribution in [0.3, 0.4) is 0 Å². The van der Waals surface area contributed by atoms with E-state index in [1.165, 1.54) is 23.5 Å². The fourth-order valence-electron chi connectivity index (χ4n) is 2.50. The van der Waals surface area contributed by atoms with E-state index in [4.69, 9.17) is 0 Å². The molecule has 0 fully saturated rings. The van der Waals surface area contributed by atoms with Crippen LogP contribution in [0.4, 0.5) is 16.5 Å². The molecule has 4 rings (SSSR count). The molecule has 0 atom stereocenters. The Morgan fingerprint density at radius 1 is 0.966 bits per heavy atom. The van der Waals surface area contributed by atoms with Crippen LogP contribution in [0.2, 0.25) is 0 Å². The Kier molecular flexibility index (Phi) is 5.30. The van der Waals surface area contributed by atoms with Crippen molar-refractivity contribution >= 4 is 43.9 Å². The van der Waals surface area contributed by atoms with Crippen molar-refractivity contribution in [2.75, 3.05) is 5.43 Å². The maximum atomic E-state index is 10.9. The number of non-ortho nitro benzene ring substituents is 1. The molecule has 8 nitrogen and oxygen atoms in total. The zero-order chi connectivity index (χ0) is 20.1. The number of hydrazone groups is 1. The van der Waals surface area contributed by atoms with Gasteiger partial charge in [-0.1, -0.05) is 41.7 Å². The summed E-state index contributed by atoms with van der Waals surface area (Å²) in [6.07, 6.45) is 0. The molecule has 0 saturated carbocycles. The Balaban J connectivity index is 1.65. The maximum Gasteiger partial charge on any atom is 0.269 e. The Morgan fingerprint density at radius 2 is 1.69 bits per heavy atom. The first-order chi connectivity index (χ1) is 14.2. The van der Waals surface area contributed by atoms with E-state index in [9.17, 15) is 10.1 Å². The summed E-state index contributed by atoms with van der Waals surface area (Å²) in [6, 6.07) is 23.1. The van der Waals surface area contributed by atoms with Gasteiger partial charge >= 0.3 is 0 Å². The number of nitrogens with zero attached hydrogens (tertiary/aromatic N) is 5. The molecule has 1 aromatic heterocycles. The number of nitrogens with one attached hydrogen (secondary N) is 1. The summed E-state index contributed by atoms with van der Waals surface area (Å²) in [6.45, 7) is 0. The number of thiazole rings is 1. The third kappa shape index (κ3) is 4.47. The lowest BCUT2D eigenvalue weighted by molar-refractivity contribution is -0.384. The van der Waals surface area contributed by atoms with E-state index in [1.54, 1.807) is 12.1 Å². The van der Waals surface area contributed by atoms with E-state index in [0.29, 0.717) is 10.7 Å². The van der Waals surface area contributed by atoms with Gasteiger partial charge in [-0.3, -0.25) is 15.5 Å². The lowest BCUT2D eigenvalue weighted by atomic mass is 10.2. The third-order valence-corrected chi connectivity index (χ3v) is 4.83. The number of rotatable bonds is 5. The van der Waals surface area contributed by atoms with Crippen LogP contribution in [0.5, 0.6) is 0 Å². The molecule has 0 bridgehead atoms. The molecule has 9 heteroatoms. The van der Waals surface area contributed by atoms with Gasteiger partial charge in [0.25, 0.3) is 5.69 Å². The number of nitro benzene ring substituents is 1. The Bertz CT molecular complexity index is 1170. The van der Waals surface area contributed by atoms with Crippen molar-refractivity contribution in [1.29, 1.82) is 0 Å². The Labute approximate surface area is 169 Å². The quantitative estimate of drug-likeness (QED) is 0.150. The summed E-state index contributed by atoms with van der Waals surface area (Å²) in [4.78, 5) is 14.9.